The first-order chi connectivity index (χ1) is 19.2. The number of phenolic OH excluding ortho intramolecular Hbond substituents is 2. The molecule has 0 atom stereocenters. The van der Waals surface area contributed by atoms with Crippen molar-refractivity contribution in [1.29, 1.82) is 0 Å². The van der Waals surface area contributed by atoms with Crippen LogP contribution in [0.15, 0.2) is 24.3 Å². The number of thioether (sulfide) groups is 2. The second-order valence-electron chi connectivity index (χ2n) is 16.2. The average Bonchev–Trinajstić information content (AvgIpc) is 2.83. The molecule has 42 heavy (non-hydrogen) atoms. The molecule has 2 rings (SSSR count). The van der Waals surface area contributed by atoms with Gasteiger partial charge in [-0.05, 0) is 117 Å². The Kier molecular flexibility index (Phi) is 13.3. The molecule has 2 nitrogen and oxygen atoms in total. The molecule has 0 aliphatic rings. The molecule has 2 aromatic rings. The summed E-state index contributed by atoms with van der Waals surface area (Å²) < 4.78 is 0. The van der Waals surface area contributed by atoms with Crippen LogP contribution in [0.3, 0.4) is 0 Å². The molecule has 0 fully saturated rings. The molecule has 0 aliphatic carbocycles. The summed E-state index contributed by atoms with van der Waals surface area (Å²) >= 11 is 4.18. The lowest BCUT2D eigenvalue weighted by Crippen LogP contribution is -2.18. The van der Waals surface area contributed by atoms with Crippen molar-refractivity contribution in [2.45, 2.75) is 143 Å². The Labute approximate surface area is 268 Å². The molecule has 0 aromatic heterocycles. The third-order valence-electron chi connectivity index (χ3n) is 7.91. The zero-order valence-electron chi connectivity index (χ0n) is 29.1. The number of unbranched alkanes of at least 4 members (excludes halogenated alkanes) is 1. The molecule has 238 valence electrons. The second kappa shape index (κ2) is 15.2. The normalized spacial score (nSPS) is 13.1. The van der Waals surface area contributed by atoms with E-state index in [1.165, 1.54) is 59.8 Å². The molecule has 4 heteroatoms. The van der Waals surface area contributed by atoms with Crippen molar-refractivity contribution in [3.63, 3.8) is 0 Å². The molecule has 0 amide bonds. The minimum absolute atomic E-state index is 0.0655. The van der Waals surface area contributed by atoms with Crippen LogP contribution < -0.4 is 0 Å². The van der Waals surface area contributed by atoms with E-state index in [2.05, 4.69) is 131 Å². The Hall–Kier alpha value is -1.26. The monoisotopic (exact) mass is 614 g/mol. The highest BCUT2D eigenvalue weighted by Crippen LogP contribution is 2.41. The Balaban J connectivity index is 1.70. The largest absolute Gasteiger partial charge is 0.507 e. The van der Waals surface area contributed by atoms with Crippen molar-refractivity contribution in [1.82, 2.24) is 0 Å². The number of hydrogen-bond acceptors (Lipinski definition) is 4. The third-order valence-corrected chi connectivity index (χ3v) is 10.2. The maximum absolute atomic E-state index is 11.0. The lowest BCUT2D eigenvalue weighted by atomic mass is 9.78. The van der Waals surface area contributed by atoms with Gasteiger partial charge in [0.1, 0.15) is 11.5 Å². The molecule has 0 unspecified atom stereocenters. The van der Waals surface area contributed by atoms with Crippen LogP contribution in [0.25, 0.3) is 0 Å². The fourth-order valence-corrected chi connectivity index (χ4v) is 7.25. The fraction of sp³-hybridized carbons (Fsp3) is 0.684. The van der Waals surface area contributed by atoms with Gasteiger partial charge >= 0.3 is 0 Å². The maximum Gasteiger partial charge on any atom is 0.123 e. The smallest absolute Gasteiger partial charge is 0.123 e. The van der Waals surface area contributed by atoms with E-state index < -0.39 is 0 Å². The van der Waals surface area contributed by atoms with Crippen molar-refractivity contribution >= 4 is 23.5 Å². The van der Waals surface area contributed by atoms with Gasteiger partial charge < -0.3 is 10.2 Å². The van der Waals surface area contributed by atoms with E-state index in [-0.39, 0.29) is 21.7 Å². The number of phenols is 2. The molecule has 0 spiro atoms. The van der Waals surface area contributed by atoms with Gasteiger partial charge in [-0.15, -0.1) is 0 Å². The van der Waals surface area contributed by atoms with E-state index in [0.29, 0.717) is 11.5 Å². The summed E-state index contributed by atoms with van der Waals surface area (Å²) in [6.45, 7) is 26.3. The van der Waals surface area contributed by atoms with Crippen LogP contribution in [0.4, 0.5) is 0 Å². The first-order valence-corrected chi connectivity index (χ1v) is 18.4. The van der Waals surface area contributed by atoms with Gasteiger partial charge in [0.15, 0.2) is 0 Å². The fourth-order valence-electron chi connectivity index (χ4n) is 5.33. The van der Waals surface area contributed by atoms with Crippen LogP contribution in [0.1, 0.15) is 142 Å². The summed E-state index contributed by atoms with van der Waals surface area (Å²) in [5.74, 6) is 5.85. The zero-order valence-corrected chi connectivity index (χ0v) is 30.7. The molecule has 2 aromatic carbocycles. The number of rotatable bonds is 13. The highest BCUT2D eigenvalue weighted by atomic mass is 32.2. The maximum atomic E-state index is 11.0. The predicted octanol–water partition coefficient (Wildman–Crippen LogP) is 11.1. The highest BCUT2D eigenvalue weighted by molar-refractivity contribution is 7.99. The van der Waals surface area contributed by atoms with Gasteiger partial charge in [-0.3, -0.25) is 0 Å². The van der Waals surface area contributed by atoms with Gasteiger partial charge in [0.05, 0.1) is 0 Å². The van der Waals surface area contributed by atoms with Crippen molar-refractivity contribution in [2.24, 2.45) is 0 Å². The van der Waals surface area contributed by atoms with E-state index in [9.17, 15) is 10.2 Å². The SMILES string of the molecule is CC(C)(C)c1cc(CCCSCCCCSCCCc2cc(C(C)(C)C)c(O)c(C(C)(C)C)c2)cc(C(C)(C)C)c1O. The van der Waals surface area contributed by atoms with E-state index in [1.54, 1.807) is 0 Å². The number of benzene rings is 2. The van der Waals surface area contributed by atoms with Crippen molar-refractivity contribution < 1.29 is 10.2 Å². The topological polar surface area (TPSA) is 40.5 Å². The summed E-state index contributed by atoms with van der Waals surface area (Å²) in [6, 6.07) is 8.95. The standard InChI is InChI=1S/C38H62O2S2/c1-35(2,3)29-23-27(24-30(33(29)39)36(4,5)6)17-15-21-41-19-13-14-20-42-22-16-18-28-25-31(37(7,8)9)34(40)32(26-28)38(10,11)12/h23-26,39-40H,13-22H2,1-12H3. The first-order valence-electron chi connectivity index (χ1n) is 16.1. The lowest BCUT2D eigenvalue weighted by Gasteiger charge is -2.28. The van der Waals surface area contributed by atoms with Crippen molar-refractivity contribution in [2.75, 3.05) is 23.0 Å². The van der Waals surface area contributed by atoms with E-state index in [4.69, 9.17) is 0 Å². The molecular formula is C38H62O2S2. The van der Waals surface area contributed by atoms with Gasteiger partial charge in [-0.2, -0.15) is 23.5 Å². The molecule has 0 aliphatic heterocycles. The summed E-state index contributed by atoms with van der Waals surface area (Å²) in [7, 11) is 0. The second-order valence-corrected chi connectivity index (χ2v) is 18.7. The summed E-state index contributed by atoms with van der Waals surface area (Å²) in [5, 5.41) is 21.9. The first kappa shape index (κ1) is 36.9. The molecule has 0 heterocycles. The van der Waals surface area contributed by atoms with Gasteiger partial charge in [-0.1, -0.05) is 107 Å². The molecule has 0 saturated carbocycles. The van der Waals surface area contributed by atoms with E-state index in [1.807, 2.05) is 0 Å². The van der Waals surface area contributed by atoms with Crippen LogP contribution in [-0.2, 0) is 34.5 Å². The molecular weight excluding hydrogens is 553 g/mol. The number of aryl methyl sites for hydroxylation is 2. The lowest BCUT2D eigenvalue weighted by molar-refractivity contribution is 0.421. The van der Waals surface area contributed by atoms with Crippen molar-refractivity contribution in [3.05, 3.63) is 57.6 Å². The predicted molar refractivity (Wildman–Crippen MR) is 192 cm³/mol. The summed E-state index contributed by atoms with van der Waals surface area (Å²) in [5.41, 5.74) is 6.74. The quantitative estimate of drug-likeness (QED) is 0.220. The molecule has 2 N–H and O–H groups in total. The Morgan fingerprint density at radius 2 is 0.667 bits per heavy atom. The summed E-state index contributed by atoms with van der Waals surface area (Å²) in [4.78, 5) is 0. The van der Waals surface area contributed by atoms with E-state index >= 15 is 0 Å². The van der Waals surface area contributed by atoms with Crippen LogP contribution >= 0.6 is 23.5 Å². The molecule has 0 saturated heterocycles. The Morgan fingerprint density at radius 3 is 0.905 bits per heavy atom. The van der Waals surface area contributed by atoms with Gasteiger partial charge in [0.25, 0.3) is 0 Å². The Morgan fingerprint density at radius 1 is 0.429 bits per heavy atom. The Bertz CT molecular complexity index is 976. The number of hydrogen-bond donors (Lipinski definition) is 2. The molecule has 0 radical (unpaired) electrons. The van der Waals surface area contributed by atoms with Gasteiger partial charge in [0.2, 0.25) is 0 Å². The van der Waals surface area contributed by atoms with Crippen LogP contribution in [0.2, 0.25) is 0 Å². The highest BCUT2D eigenvalue weighted by Gasteiger charge is 2.27. The zero-order chi connectivity index (χ0) is 31.9. The van der Waals surface area contributed by atoms with Crippen LogP contribution in [0.5, 0.6) is 11.5 Å². The van der Waals surface area contributed by atoms with Crippen LogP contribution in [-0.4, -0.2) is 33.2 Å². The average molecular weight is 615 g/mol. The van der Waals surface area contributed by atoms with Gasteiger partial charge in [0, 0.05) is 0 Å². The van der Waals surface area contributed by atoms with E-state index in [0.717, 1.165) is 35.1 Å². The summed E-state index contributed by atoms with van der Waals surface area (Å²) in [6.07, 6.45) is 7.10. The van der Waals surface area contributed by atoms with Crippen LogP contribution in [0, 0.1) is 0 Å². The molecule has 0 bridgehead atoms. The minimum atomic E-state index is -0.0655. The minimum Gasteiger partial charge on any atom is -0.507 e. The number of aromatic hydroxyl groups is 2. The van der Waals surface area contributed by atoms with Gasteiger partial charge in [-0.25, -0.2) is 0 Å². The third kappa shape index (κ3) is 11.3. The van der Waals surface area contributed by atoms with Crippen molar-refractivity contribution in [3.8, 4) is 11.5 Å².